The fraction of sp³-hybridized carbons (Fsp3) is 0.231. The molecule has 1 aromatic heterocycles. The van der Waals surface area contributed by atoms with Crippen LogP contribution < -0.4 is 10.6 Å². The van der Waals surface area contributed by atoms with Crippen molar-refractivity contribution in [3.8, 4) is 5.69 Å². The van der Waals surface area contributed by atoms with Crippen LogP contribution in [0.3, 0.4) is 0 Å². The summed E-state index contributed by atoms with van der Waals surface area (Å²) in [6.45, 7) is 6.10. The summed E-state index contributed by atoms with van der Waals surface area (Å²) in [6, 6.07) is 19.6. The molecule has 0 saturated carbocycles. The first-order valence-corrected chi connectivity index (χ1v) is 11.5. The number of hydrogen-bond donors (Lipinski definition) is 2. The second-order valence-corrected chi connectivity index (χ2v) is 8.60. The number of nitrogens with zero attached hydrogens (tertiary/aromatic N) is 3. The molecule has 0 saturated heterocycles. The Labute approximate surface area is 199 Å². The molecule has 168 valence electrons. The molecule has 0 aliphatic carbocycles. The van der Waals surface area contributed by atoms with Gasteiger partial charge in [-0.2, -0.15) is 4.80 Å². The van der Waals surface area contributed by atoms with E-state index in [4.69, 9.17) is 12.2 Å². The van der Waals surface area contributed by atoms with Gasteiger partial charge in [-0.05, 0) is 86.4 Å². The van der Waals surface area contributed by atoms with E-state index in [0.717, 1.165) is 40.0 Å². The van der Waals surface area contributed by atoms with E-state index >= 15 is 0 Å². The van der Waals surface area contributed by atoms with Crippen LogP contribution in [0.1, 0.15) is 46.8 Å². The van der Waals surface area contributed by atoms with E-state index in [1.807, 2.05) is 62.4 Å². The lowest BCUT2D eigenvalue weighted by Crippen LogP contribution is -2.34. The third kappa shape index (κ3) is 5.43. The number of fused-ring (bicyclic) bond motifs is 1. The zero-order chi connectivity index (χ0) is 23.4. The predicted molar refractivity (Wildman–Crippen MR) is 137 cm³/mol. The molecule has 0 aliphatic heterocycles. The van der Waals surface area contributed by atoms with Gasteiger partial charge < -0.3 is 5.32 Å². The normalized spacial score (nSPS) is 10.9. The van der Waals surface area contributed by atoms with E-state index in [0.29, 0.717) is 5.56 Å². The van der Waals surface area contributed by atoms with Crippen LogP contribution in [0.4, 0.5) is 5.69 Å². The molecule has 6 nitrogen and oxygen atoms in total. The van der Waals surface area contributed by atoms with E-state index < -0.39 is 0 Å². The Kier molecular flexibility index (Phi) is 6.79. The summed E-state index contributed by atoms with van der Waals surface area (Å²) < 4.78 is 0. The summed E-state index contributed by atoms with van der Waals surface area (Å²) in [5.74, 6) is -0.237. The van der Waals surface area contributed by atoms with E-state index in [1.54, 1.807) is 4.80 Å². The second kappa shape index (κ2) is 9.92. The van der Waals surface area contributed by atoms with Gasteiger partial charge in [0.2, 0.25) is 0 Å². The van der Waals surface area contributed by atoms with Gasteiger partial charge in [-0.3, -0.25) is 10.1 Å². The highest BCUT2D eigenvalue weighted by Gasteiger charge is 2.12. The number of unbranched alkanes of at least 4 members (excludes halogenated alkanes) is 1. The molecule has 0 radical (unpaired) electrons. The van der Waals surface area contributed by atoms with E-state index in [-0.39, 0.29) is 11.0 Å². The van der Waals surface area contributed by atoms with Gasteiger partial charge in [0.05, 0.1) is 5.69 Å². The Morgan fingerprint density at radius 1 is 0.970 bits per heavy atom. The first-order valence-electron chi connectivity index (χ1n) is 11.1. The lowest BCUT2D eigenvalue weighted by atomic mass is 10.1. The summed E-state index contributed by atoms with van der Waals surface area (Å²) in [7, 11) is 0. The summed E-state index contributed by atoms with van der Waals surface area (Å²) >= 11 is 5.34. The number of hydrogen-bond acceptors (Lipinski definition) is 4. The zero-order valence-corrected chi connectivity index (χ0v) is 19.9. The van der Waals surface area contributed by atoms with Crippen molar-refractivity contribution in [3.05, 3.63) is 82.9 Å². The van der Waals surface area contributed by atoms with Gasteiger partial charge in [0.15, 0.2) is 5.11 Å². The molecule has 33 heavy (non-hydrogen) atoms. The van der Waals surface area contributed by atoms with Crippen LogP contribution in [0.5, 0.6) is 0 Å². The molecule has 0 fully saturated rings. The standard InChI is InChI=1S/C26H27N5OS/c1-4-5-6-19-8-11-21(12-9-19)31-29-23-14-10-20(16-24(23)30-31)27-26(33)28-25(32)22-13-7-17(2)15-18(22)3/h7-16H,4-6H2,1-3H3,(H2,27,28,32,33). The molecule has 1 amide bonds. The molecule has 2 N–H and O–H groups in total. The minimum absolute atomic E-state index is 0.231. The number of anilines is 1. The Hall–Kier alpha value is -3.58. The van der Waals surface area contributed by atoms with Crippen molar-refractivity contribution in [1.29, 1.82) is 0 Å². The van der Waals surface area contributed by atoms with Crippen molar-refractivity contribution < 1.29 is 4.79 Å². The van der Waals surface area contributed by atoms with Crippen LogP contribution in [-0.2, 0) is 6.42 Å². The molecular formula is C26H27N5OS. The molecular weight excluding hydrogens is 430 g/mol. The molecule has 0 aliphatic rings. The zero-order valence-electron chi connectivity index (χ0n) is 19.1. The number of aryl methyl sites for hydroxylation is 3. The van der Waals surface area contributed by atoms with Gasteiger partial charge in [0.25, 0.3) is 5.91 Å². The maximum atomic E-state index is 12.6. The number of carbonyl (C=O) groups excluding carboxylic acids is 1. The SMILES string of the molecule is CCCCc1ccc(-n2nc3ccc(NC(=S)NC(=O)c4ccc(C)cc4C)cc3n2)cc1. The molecule has 4 aromatic rings. The summed E-state index contributed by atoms with van der Waals surface area (Å²) in [6.07, 6.45) is 3.45. The average molecular weight is 458 g/mol. The Morgan fingerprint density at radius 2 is 1.73 bits per heavy atom. The minimum Gasteiger partial charge on any atom is -0.332 e. The number of aromatic nitrogens is 3. The van der Waals surface area contributed by atoms with Crippen LogP contribution in [0.25, 0.3) is 16.7 Å². The fourth-order valence-electron chi connectivity index (χ4n) is 3.69. The Morgan fingerprint density at radius 3 is 2.45 bits per heavy atom. The molecule has 0 bridgehead atoms. The van der Waals surface area contributed by atoms with Crippen LogP contribution in [0, 0.1) is 13.8 Å². The summed E-state index contributed by atoms with van der Waals surface area (Å²) in [4.78, 5) is 14.2. The van der Waals surface area contributed by atoms with Gasteiger partial charge in [0, 0.05) is 11.3 Å². The molecule has 3 aromatic carbocycles. The predicted octanol–water partition coefficient (Wildman–Crippen LogP) is 5.51. The third-order valence-electron chi connectivity index (χ3n) is 5.48. The number of benzene rings is 3. The lowest BCUT2D eigenvalue weighted by Gasteiger charge is -2.11. The van der Waals surface area contributed by atoms with Gasteiger partial charge in [-0.25, -0.2) is 0 Å². The Balaban J connectivity index is 1.44. The number of nitrogens with one attached hydrogen (secondary N) is 2. The first kappa shape index (κ1) is 22.6. The highest BCUT2D eigenvalue weighted by molar-refractivity contribution is 7.80. The van der Waals surface area contributed by atoms with Crippen molar-refractivity contribution in [2.75, 3.05) is 5.32 Å². The molecule has 1 heterocycles. The van der Waals surface area contributed by atoms with Crippen molar-refractivity contribution in [1.82, 2.24) is 20.3 Å². The van der Waals surface area contributed by atoms with Gasteiger partial charge in [-0.1, -0.05) is 43.2 Å². The minimum atomic E-state index is -0.237. The third-order valence-corrected chi connectivity index (χ3v) is 5.68. The monoisotopic (exact) mass is 457 g/mol. The van der Waals surface area contributed by atoms with Crippen LogP contribution in [0.15, 0.2) is 60.7 Å². The van der Waals surface area contributed by atoms with Crippen molar-refractivity contribution >= 4 is 40.0 Å². The van der Waals surface area contributed by atoms with Crippen LogP contribution in [0.2, 0.25) is 0 Å². The van der Waals surface area contributed by atoms with Crippen molar-refractivity contribution in [2.45, 2.75) is 40.0 Å². The quantitative estimate of drug-likeness (QED) is 0.374. The highest BCUT2D eigenvalue weighted by atomic mass is 32.1. The number of thiocarbonyl (C=S) groups is 1. The van der Waals surface area contributed by atoms with E-state index in [1.165, 1.54) is 18.4 Å². The maximum absolute atomic E-state index is 12.6. The lowest BCUT2D eigenvalue weighted by molar-refractivity contribution is 0.0977. The molecule has 0 spiro atoms. The fourth-order valence-corrected chi connectivity index (χ4v) is 3.90. The number of carbonyl (C=O) groups is 1. The molecule has 7 heteroatoms. The van der Waals surface area contributed by atoms with Gasteiger partial charge in [-0.15, -0.1) is 10.2 Å². The summed E-state index contributed by atoms with van der Waals surface area (Å²) in [5, 5.41) is 15.2. The highest BCUT2D eigenvalue weighted by Crippen LogP contribution is 2.18. The van der Waals surface area contributed by atoms with Gasteiger partial charge >= 0.3 is 0 Å². The van der Waals surface area contributed by atoms with E-state index in [2.05, 4.69) is 39.9 Å². The van der Waals surface area contributed by atoms with E-state index in [9.17, 15) is 4.79 Å². The second-order valence-electron chi connectivity index (χ2n) is 8.19. The smallest absolute Gasteiger partial charge is 0.257 e. The topological polar surface area (TPSA) is 71.8 Å². The van der Waals surface area contributed by atoms with Crippen LogP contribution in [-0.4, -0.2) is 26.0 Å². The molecule has 0 unspecified atom stereocenters. The van der Waals surface area contributed by atoms with Crippen LogP contribution >= 0.6 is 12.2 Å². The number of rotatable bonds is 6. The number of amides is 1. The Bertz CT molecular complexity index is 1310. The molecule has 0 atom stereocenters. The van der Waals surface area contributed by atoms with Crippen molar-refractivity contribution in [2.24, 2.45) is 0 Å². The first-order chi connectivity index (χ1) is 15.9. The summed E-state index contributed by atoms with van der Waals surface area (Å²) in [5.41, 5.74) is 7.10. The van der Waals surface area contributed by atoms with Gasteiger partial charge in [0.1, 0.15) is 11.0 Å². The molecule has 4 rings (SSSR count). The van der Waals surface area contributed by atoms with Crippen molar-refractivity contribution in [3.63, 3.8) is 0 Å². The average Bonchev–Trinajstić information content (AvgIpc) is 3.21. The largest absolute Gasteiger partial charge is 0.332 e. The maximum Gasteiger partial charge on any atom is 0.257 e.